The second kappa shape index (κ2) is 9.87. The molecule has 2 rings (SSSR count). The quantitative estimate of drug-likeness (QED) is 0.637. The van der Waals surface area contributed by atoms with E-state index in [1.54, 1.807) is 7.05 Å². The third kappa shape index (κ3) is 5.68. The van der Waals surface area contributed by atoms with Gasteiger partial charge in [0.2, 0.25) is 17.7 Å². The van der Waals surface area contributed by atoms with Crippen LogP contribution in [0, 0.1) is 23.2 Å². The second-order valence-electron chi connectivity index (χ2n) is 8.55. The second-order valence-corrected chi connectivity index (χ2v) is 8.55. The SMILES string of the molecule is CC(C)C[C@H]1C(=O)N[C@H](C#N)C[C@@H]2C[C@@H](CCCC[C@H](N)C(=O)N1C)NC2=O. The fraction of sp³-hybridized carbons (Fsp3) is 0.800. The van der Waals surface area contributed by atoms with E-state index < -0.39 is 18.1 Å². The number of amides is 3. The molecule has 8 nitrogen and oxygen atoms in total. The summed E-state index contributed by atoms with van der Waals surface area (Å²) in [6.07, 6.45) is 4.48. The van der Waals surface area contributed by atoms with E-state index in [0.29, 0.717) is 19.3 Å². The molecule has 0 aromatic rings. The first kappa shape index (κ1) is 22.2. The molecule has 3 amide bonds. The normalized spacial score (nSPS) is 32.9. The summed E-state index contributed by atoms with van der Waals surface area (Å²) >= 11 is 0. The van der Waals surface area contributed by atoms with Crippen LogP contribution in [0.15, 0.2) is 0 Å². The van der Waals surface area contributed by atoms with Crippen LogP contribution in [0.5, 0.6) is 0 Å². The highest BCUT2D eigenvalue weighted by molar-refractivity contribution is 5.90. The molecule has 156 valence electrons. The Morgan fingerprint density at radius 2 is 1.82 bits per heavy atom. The summed E-state index contributed by atoms with van der Waals surface area (Å²) in [6.45, 7) is 3.96. The van der Waals surface area contributed by atoms with Crippen molar-refractivity contribution in [1.29, 1.82) is 5.26 Å². The van der Waals surface area contributed by atoms with E-state index in [9.17, 15) is 19.6 Å². The van der Waals surface area contributed by atoms with Crippen molar-refractivity contribution in [2.75, 3.05) is 7.05 Å². The predicted molar refractivity (Wildman–Crippen MR) is 105 cm³/mol. The summed E-state index contributed by atoms with van der Waals surface area (Å²) < 4.78 is 0. The Kier molecular flexibility index (Phi) is 7.81. The van der Waals surface area contributed by atoms with Gasteiger partial charge in [-0.3, -0.25) is 14.4 Å². The molecule has 5 atom stereocenters. The highest BCUT2D eigenvalue weighted by Crippen LogP contribution is 2.24. The van der Waals surface area contributed by atoms with Gasteiger partial charge in [0.25, 0.3) is 0 Å². The van der Waals surface area contributed by atoms with Gasteiger partial charge in [-0.1, -0.05) is 26.7 Å². The number of nitrogens with two attached hydrogens (primary N) is 1. The minimum Gasteiger partial charge on any atom is -0.353 e. The van der Waals surface area contributed by atoms with Crippen molar-refractivity contribution in [3.63, 3.8) is 0 Å². The van der Waals surface area contributed by atoms with Crippen molar-refractivity contribution < 1.29 is 14.4 Å². The molecule has 2 bridgehead atoms. The number of hydrogen-bond acceptors (Lipinski definition) is 5. The average Bonchev–Trinajstić information content (AvgIpc) is 2.99. The Morgan fingerprint density at radius 1 is 1.14 bits per heavy atom. The molecule has 2 heterocycles. The van der Waals surface area contributed by atoms with E-state index in [0.717, 1.165) is 19.3 Å². The van der Waals surface area contributed by atoms with E-state index in [-0.39, 0.29) is 42.0 Å². The van der Waals surface area contributed by atoms with Gasteiger partial charge in [0.15, 0.2) is 0 Å². The van der Waals surface area contributed by atoms with E-state index in [2.05, 4.69) is 16.7 Å². The molecule has 0 aliphatic carbocycles. The van der Waals surface area contributed by atoms with Crippen molar-refractivity contribution in [1.82, 2.24) is 15.5 Å². The molecule has 0 unspecified atom stereocenters. The summed E-state index contributed by atoms with van der Waals surface area (Å²) in [6, 6.07) is 0.0707. The number of likely N-dealkylation sites (N-methyl/N-ethyl adjacent to an activating group) is 1. The summed E-state index contributed by atoms with van der Waals surface area (Å²) in [5.41, 5.74) is 6.09. The zero-order chi connectivity index (χ0) is 20.8. The van der Waals surface area contributed by atoms with E-state index in [1.807, 2.05) is 13.8 Å². The van der Waals surface area contributed by atoms with Crippen LogP contribution in [0.3, 0.4) is 0 Å². The van der Waals surface area contributed by atoms with Gasteiger partial charge < -0.3 is 21.3 Å². The number of fused-ring (bicyclic) bond motifs is 2. The molecule has 2 aliphatic rings. The minimum absolute atomic E-state index is 0.0469. The Hall–Kier alpha value is -2.14. The van der Waals surface area contributed by atoms with Crippen LogP contribution in [-0.4, -0.2) is 53.8 Å². The van der Waals surface area contributed by atoms with Crippen LogP contribution in [0.4, 0.5) is 0 Å². The lowest BCUT2D eigenvalue weighted by Crippen LogP contribution is -2.54. The monoisotopic (exact) mass is 391 g/mol. The van der Waals surface area contributed by atoms with Crippen LogP contribution in [0.25, 0.3) is 0 Å². The predicted octanol–water partition coefficient (Wildman–Crippen LogP) is 0.664. The first-order valence-electron chi connectivity index (χ1n) is 10.3. The third-order valence-corrected chi connectivity index (χ3v) is 5.73. The van der Waals surface area contributed by atoms with E-state index in [4.69, 9.17) is 5.73 Å². The van der Waals surface area contributed by atoms with Crippen molar-refractivity contribution >= 4 is 17.7 Å². The van der Waals surface area contributed by atoms with E-state index >= 15 is 0 Å². The first-order valence-corrected chi connectivity index (χ1v) is 10.3. The van der Waals surface area contributed by atoms with E-state index in [1.165, 1.54) is 4.90 Å². The van der Waals surface area contributed by atoms with Gasteiger partial charge in [-0.15, -0.1) is 0 Å². The lowest BCUT2D eigenvalue weighted by Gasteiger charge is -2.31. The van der Waals surface area contributed by atoms with Crippen molar-refractivity contribution in [2.24, 2.45) is 17.6 Å². The molecule has 0 aromatic carbocycles. The molecule has 2 fully saturated rings. The Morgan fingerprint density at radius 3 is 2.46 bits per heavy atom. The molecule has 0 spiro atoms. The van der Waals surface area contributed by atoms with Crippen LogP contribution in [-0.2, 0) is 14.4 Å². The minimum atomic E-state index is -0.765. The topological polar surface area (TPSA) is 128 Å². The molecule has 28 heavy (non-hydrogen) atoms. The summed E-state index contributed by atoms with van der Waals surface area (Å²) in [4.78, 5) is 39.3. The zero-order valence-corrected chi connectivity index (χ0v) is 17.1. The maximum absolute atomic E-state index is 12.9. The summed E-state index contributed by atoms with van der Waals surface area (Å²) in [5.74, 6) is -0.752. The fourth-order valence-corrected chi connectivity index (χ4v) is 4.10. The lowest BCUT2D eigenvalue weighted by molar-refractivity contribution is -0.140. The number of nitriles is 1. The first-order chi connectivity index (χ1) is 13.2. The van der Waals surface area contributed by atoms with Gasteiger partial charge in [0, 0.05) is 19.0 Å². The van der Waals surface area contributed by atoms with Gasteiger partial charge in [-0.05, 0) is 38.0 Å². The number of hydrogen-bond donors (Lipinski definition) is 3. The maximum Gasteiger partial charge on any atom is 0.243 e. The largest absolute Gasteiger partial charge is 0.353 e. The summed E-state index contributed by atoms with van der Waals surface area (Å²) in [5, 5.41) is 15.2. The number of nitrogens with zero attached hydrogens (tertiary/aromatic N) is 2. The summed E-state index contributed by atoms with van der Waals surface area (Å²) in [7, 11) is 1.60. The molecule has 0 saturated carbocycles. The van der Waals surface area contributed by atoms with Gasteiger partial charge in [-0.25, -0.2) is 0 Å². The van der Waals surface area contributed by atoms with Crippen molar-refractivity contribution in [3.05, 3.63) is 0 Å². The number of carbonyl (C=O) groups excluding carboxylic acids is 3. The average molecular weight is 392 g/mol. The van der Waals surface area contributed by atoms with Gasteiger partial charge >= 0.3 is 0 Å². The van der Waals surface area contributed by atoms with Crippen molar-refractivity contribution in [3.8, 4) is 6.07 Å². The Balaban J connectivity index is 2.24. The van der Waals surface area contributed by atoms with Crippen LogP contribution in [0.1, 0.15) is 58.8 Å². The van der Waals surface area contributed by atoms with Crippen LogP contribution in [0.2, 0.25) is 0 Å². The van der Waals surface area contributed by atoms with Gasteiger partial charge in [-0.2, -0.15) is 5.26 Å². The maximum atomic E-state index is 12.9. The molecule has 0 radical (unpaired) electrons. The standard InChI is InChI=1S/C20H33N5O3/c1-12(2)8-17-19(27)24-15(11-21)10-13-9-14(23-18(13)26)6-4-5-7-16(22)20(28)25(17)3/h12-17H,4-10,22H2,1-3H3,(H,23,26)(H,24,27)/t13-,14+,15-,16-,17-/m0/s1. The molecule has 4 N–H and O–H groups in total. The lowest BCUT2D eigenvalue weighted by atomic mass is 9.94. The van der Waals surface area contributed by atoms with Crippen molar-refractivity contribution in [2.45, 2.75) is 83.0 Å². The Bertz CT molecular complexity index is 630. The highest BCUT2D eigenvalue weighted by atomic mass is 16.2. The Labute approximate surface area is 167 Å². The van der Waals surface area contributed by atoms with Crippen LogP contribution >= 0.6 is 0 Å². The molecular weight excluding hydrogens is 358 g/mol. The number of rotatable bonds is 2. The molecule has 8 heteroatoms. The zero-order valence-electron chi connectivity index (χ0n) is 17.1. The molecule has 0 aromatic heterocycles. The molecule has 2 saturated heterocycles. The highest BCUT2D eigenvalue weighted by Gasteiger charge is 2.36. The number of nitrogens with one attached hydrogen (secondary N) is 2. The number of carbonyl (C=O) groups is 3. The molecule has 2 aliphatic heterocycles. The molecular formula is C20H33N5O3. The third-order valence-electron chi connectivity index (χ3n) is 5.73. The van der Waals surface area contributed by atoms with Crippen LogP contribution < -0.4 is 16.4 Å². The fourth-order valence-electron chi connectivity index (χ4n) is 4.10. The smallest absolute Gasteiger partial charge is 0.243 e. The van der Waals surface area contributed by atoms with Gasteiger partial charge in [0.05, 0.1) is 12.1 Å². The van der Waals surface area contributed by atoms with Gasteiger partial charge in [0.1, 0.15) is 12.1 Å².